The summed E-state index contributed by atoms with van der Waals surface area (Å²) in [6, 6.07) is 7.88. The molecule has 0 aliphatic carbocycles. The molecular formula is C11H13N3OS. The number of hydrogen-bond acceptors (Lipinski definition) is 5. The van der Waals surface area contributed by atoms with E-state index in [9.17, 15) is 0 Å². The number of anilines is 1. The number of nitrogens with zero attached hydrogens (tertiary/aromatic N) is 2. The lowest BCUT2D eigenvalue weighted by Crippen LogP contribution is -1.95. The Kier molecular flexibility index (Phi) is 3.46. The highest BCUT2D eigenvalue weighted by atomic mass is 32.2. The number of aromatic nitrogens is 2. The molecule has 1 aromatic carbocycles. The molecule has 0 unspecified atom stereocenters. The molecule has 2 aromatic rings. The Morgan fingerprint density at radius 3 is 2.81 bits per heavy atom. The highest BCUT2D eigenvalue weighted by molar-refractivity contribution is 7.99. The molecule has 0 fully saturated rings. The summed E-state index contributed by atoms with van der Waals surface area (Å²) in [6.45, 7) is 1.78. The zero-order valence-corrected chi connectivity index (χ0v) is 9.83. The molecule has 0 bridgehead atoms. The smallest absolute Gasteiger partial charge is 0.276 e. The van der Waals surface area contributed by atoms with Gasteiger partial charge < -0.3 is 10.2 Å². The van der Waals surface area contributed by atoms with Crippen LogP contribution in [-0.4, -0.2) is 16.0 Å². The summed E-state index contributed by atoms with van der Waals surface area (Å²) < 4.78 is 5.26. The molecule has 1 heterocycles. The van der Waals surface area contributed by atoms with Gasteiger partial charge >= 0.3 is 0 Å². The van der Waals surface area contributed by atoms with Gasteiger partial charge in [0.25, 0.3) is 5.22 Å². The first-order valence-electron chi connectivity index (χ1n) is 5.02. The molecule has 2 rings (SSSR count). The van der Waals surface area contributed by atoms with E-state index in [-0.39, 0.29) is 0 Å². The van der Waals surface area contributed by atoms with Crippen LogP contribution < -0.4 is 5.73 Å². The molecule has 0 saturated carbocycles. The molecule has 0 saturated heterocycles. The number of thioether (sulfide) groups is 1. The Balaban J connectivity index is 1.87. The molecule has 0 radical (unpaired) electrons. The topological polar surface area (TPSA) is 64.9 Å². The first kappa shape index (κ1) is 11.0. The second-order valence-corrected chi connectivity index (χ2v) is 4.43. The lowest BCUT2D eigenvalue weighted by atomic mass is 10.1. The molecule has 5 heteroatoms. The Morgan fingerprint density at radius 2 is 2.12 bits per heavy atom. The average Bonchev–Trinajstić information content (AvgIpc) is 2.67. The highest BCUT2D eigenvalue weighted by Crippen LogP contribution is 2.19. The molecule has 1 aromatic heterocycles. The van der Waals surface area contributed by atoms with Crippen LogP contribution in [0.3, 0.4) is 0 Å². The van der Waals surface area contributed by atoms with Gasteiger partial charge in [-0.2, -0.15) is 0 Å². The van der Waals surface area contributed by atoms with E-state index in [0.29, 0.717) is 11.1 Å². The van der Waals surface area contributed by atoms with Gasteiger partial charge in [0.15, 0.2) is 0 Å². The van der Waals surface area contributed by atoms with Crippen LogP contribution in [0.15, 0.2) is 33.9 Å². The summed E-state index contributed by atoms with van der Waals surface area (Å²) in [5.74, 6) is 1.48. The molecule has 0 aliphatic heterocycles. The zero-order valence-electron chi connectivity index (χ0n) is 9.01. The molecule has 0 atom stereocenters. The SMILES string of the molecule is Cc1nnc(SCCc2ccccc2N)o1. The van der Waals surface area contributed by atoms with Crippen molar-refractivity contribution in [2.75, 3.05) is 11.5 Å². The number of nitrogens with two attached hydrogens (primary N) is 1. The third-order valence-electron chi connectivity index (χ3n) is 2.16. The summed E-state index contributed by atoms with van der Waals surface area (Å²) in [5, 5.41) is 8.30. The molecule has 0 spiro atoms. The predicted octanol–water partition coefficient (Wildman–Crippen LogP) is 2.30. The maximum atomic E-state index is 5.84. The quantitative estimate of drug-likeness (QED) is 0.650. The zero-order chi connectivity index (χ0) is 11.4. The van der Waals surface area contributed by atoms with Crippen LogP contribution in [0.25, 0.3) is 0 Å². The Hall–Kier alpha value is -1.49. The number of benzene rings is 1. The molecule has 84 valence electrons. The normalized spacial score (nSPS) is 10.6. The minimum Gasteiger partial charge on any atom is -0.416 e. The second kappa shape index (κ2) is 5.03. The van der Waals surface area contributed by atoms with Crippen LogP contribution in [0, 0.1) is 6.92 Å². The highest BCUT2D eigenvalue weighted by Gasteiger charge is 2.03. The van der Waals surface area contributed by atoms with Crippen molar-refractivity contribution in [3.63, 3.8) is 0 Å². The van der Waals surface area contributed by atoms with E-state index in [4.69, 9.17) is 10.2 Å². The van der Waals surface area contributed by atoms with Crippen molar-refractivity contribution in [3.05, 3.63) is 35.7 Å². The van der Waals surface area contributed by atoms with Gasteiger partial charge in [-0.1, -0.05) is 30.0 Å². The molecule has 2 N–H and O–H groups in total. The Morgan fingerprint density at radius 1 is 1.31 bits per heavy atom. The van der Waals surface area contributed by atoms with Gasteiger partial charge in [0.2, 0.25) is 5.89 Å². The van der Waals surface area contributed by atoms with E-state index < -0.39 is 0 Å². The molecule has 4 nitrogen and oxygen atoms in total. The number of rotatable bonds is 4. The minimum atomic E-state index is 0.599. The first-order chi connectivity index (χ1) is 7.75. The van der Waals surface area contributed by atoms with Crippen LogP contribution in [0.2, 0.25) is 0 Å². The maximum Gasteiger partial charge on any atom is 0.276 e. The fourth-order valence-corrected chi connectivity index (χ4v) is 2.12. The van der Waals surface area contributed by atoms with Gasteiger partial charge in [0.1, 0.15) is 0 Å². The fraction of sp³-hybridized carbons (Fsp3) is 0.273. The van der Waals surface area contributed by atoms with Crippen LogP contribution in [0.1, 0.15) is 11.5 Å². The summed E-state index contributed by atoms with van der Waals surface area (Å²) in [4.78, 5) is 0. The largest absolute Gasteiger partial charge is 0.416 e. The molecular weight excluding hydrogens is 222 g/mol. The molecule has 0 amide bonds. The van der Waals surface area contributed by atoms with E-state index >= 15 is 0 Å². The van der Waals surface area contributed by atoms with Crippen molar-refractivity contribution in [1.29, 1.82) is 0 Å². The summed E-state index contributed by atoms with van der Waals surface area (Å²) in [7, 11) is 0. The average molecular weight is 235 g/mol. The van der Waals surface area contributed by atoms with Crippen LogP contribution >= 0.6 is 11.8 Å². The summed E-state index contributed by atoms with van der Waals surface area (Å²) in [6.07, 6.45) is 0.902. The number of hydrogen-bond donors (Lipinski definition) is 1. The van der Waals surface area contributed by atoms with Gasteiger partial charge in [-0.15, -0.1) is 10.2 Å². The van der Waals surface area contributed by atoms with Crippen molar-refractivity contribution in [2.24, 2.45) is 0 Å². The van der Waals surface area contributed by atoms with Gasteiger partial charge in [-0.25, -0.2) is 0 Å². The van der Waals surface area contributed by atoms with Crippen molar-refractivity contribution < 1.29 is 4.42 Å². The van der Waals surface area contributed by atoms with Crippen LogP contribution in [0.5, 0.6) is 0 Å². The van der Waals surface area contributed by atoms with E-state index in [1.165, 1.54) is 0 Å². The van der Waals surface area contributed by atoms with Crippen molar-refractivity contribution in [2.45, 2.75) is 18.6 Å². The molecule has 0 aliphatic rings. The standard InChI is InChI=1S/C11H13N3OS/c1-8-13-14-11(15-8)16-7-6-9-4-2-3-5-10(9)12/h2-5H,6-7,12H2,1H3. The van der Waals surface area contributed by atoms with Crippen molar-refractivity contribution in [3.8, 4) is 0 Å². The number of para-hydroxylation sites is 1. The molecule has 16 heavy (non-hydrogen) atoms. The predicted molar refractivity (Wildman–Crippen MR) is 64.3 cm³/mol. The number of nitrogen functional groups attached to an aromatic ring is 1. The lowest BCUT2D eigenvalue weighted by molar-refractivity contribution is 0.429. The van der Waals surface area contributed by atoms with Gasteiger partial charge in [0.05, 0.1) is 0 Å². The van der Waals surface area contributed by atoms with Gasteiger partial charge in [-0.3, -0.25) is 0 Å². The monoisotopic (exact) mass is 235 g/mol. The van der Waals surface area contributed by atoms with E-state index in [2.05, 4.69) is 10.2 Å². The summed E-state index contributed by atoms with van der Waals surface area (Å²) in [5.41, 5.74) is 7.84. The first-order valence-corrected chi connectivity index (χ1v) is 6.00. The Bertz CT molecular complexity index is 470. The summed E-state index contributed by atoms with van der Waals surface area (Å²) >= 11 is 1.55. The Labute approximate surface area is 98.2 Å². The van der Waals surface area contributed by atoms with Crippen LogP contribution in [-0.2, 0) is 6.42 Å². The van der Waals surface area contributed by atoms with E-state index in [1.54, 1.807) is 18.7 Å². The van der Waals surface area contributed by atoms with Crippen LogP contribution in [0.4, 0.5) is 5.69 Å². The lowest BCUT2D eigenvalue weighted by Gasteiger charge is -2.02. The van der Waals surface area contributed by atoms with Gasteiger partial charge in [0, 0.05) is 18.4 Å². The minimum absolute atomic E-state index is 0.599. The third kappa shape index (κ3) is 2.76. The fourth-order valence-electron chi connectivity index (χ4n) is 1.35. The van der Waals surface area contributed by atoms with E-state index in [0.717, 1.165) is 23.4 Å². The second-order valence-electron chi connectivity index (χ2n) is 3.38. The number of aryl methyl sites for hydroxylation is 2. The van der Waals surface area contributed by atoms with E-state index in [1.807, 2.05) is 24.3 Å². The van der Waals surface area contributed by atoms with Gasteiger partial charge in [-0.05, 0) is 18.1 Å². The van der Waals surface area contributed by atoms with Crippen molar-refractivity contribution >= 4 is 17.4 Å². The third-order valence-corrected chi connectivity index (χ3v) is 2.98. The maximum absolute atomic E-state index is 5.84. The van der Waals surface area contributed by atoms with Crippen molar-refractivity contribution in [1.82, 2.24) is 10.2 Å².